The molecule has 0 unspecified atom stereocenters. The van der Waals surface area contributed by atoms with E-state index in [1.54, 1.807) is 49.1 Å². The molecule has 4 aliphatic heterocycles. The first-order valence-electron chi connectivity index (χ1n) is 20.4. The number of likely N-dealkylation sites (N-methyl/N-ethyl adjacent to an activating group) is 2. The van der Waals surface area contributed by atoms with Crippen molar-refractivity contribution in [2.45, 2.75) is 58.2 Å². The second-order valence-corrected chi connectivity index (χ2v) is 18.9. The molecular formula is C45H52Br2N8O9S2. The largest absolute Gasteiger partial charge is 0.504 e. The van der Waals surface area contributed by atoms with Gasteiger partial charge in [-0.05, 0) is 130 Å². The summed E-state index contributed by atoms with van der Waals surface area (Å²) in [5.74, 6) is 2.19. The highest BCUT2D eigenvalue weighted by Crippen LogP contribution is 2.39. The van der Waals surface area contributed by atoms with E-state index in [2.05, 4.69) is 69.1 Å². The maximum atomic E-state index is 12.2. The fraction of sp³-hybridized carbons (Fsp3) is 0.378. The van der Waals surface area contributed by atoms with Crippen LogP contribution >= 0.6 is 55.4 Å². The number of imide groups is 2. The number of likely N-dealkylation sites (tertiary alicyclic amines) is 1. The topological polar surface area (TPSA) is 221 Å². The lowest BCUT2D eigenvalue weighted by molar-refractivity contribution is -0.122. The molecule has 8 rings (SSSR count). The molecule has 6 heterocycles. The third-order valence-electron chi connectivity index (χ3n) is 10.7. The molecule has 2 aromatic heterocycles. The third-order valence-corrected chi connectivity index (χ3v) is 14.0. The van der Waals surface area contributed by atoms with Gasteiger partial charge in [-0.25, -0.2) is 19.9 Å². The van der Waals surface area contributed by atoms with Gasteiger partial charge in [0.2, 0.25) is 0 Å². The molecule has 4 fully saturated rings. The summed E-state index contributed by atoms with van der Waals surface area (Å²) < 4.78 is 12.7. The van der Waals surface area contributed by atoms with E-state index in [0.717, 1.165) is 115 Å². The van der Waals surface area contributed by atoms with Crippen molar-refractivity contribution in [3.05, 3.63) is 102 Å². The summed E-state index contributed by atoms with van der Waals surface area (Å²) >= 11 is 8.51. The van der Waals surface area contributed by atoms with Crippen molar-refractivity contribution in [2.75, 3.05) is 54.4 Å². The number of halogens is 2. The van der Waals surface area contributed by atoms with Crippen LogP contribution in [0.3, 0.4) is 0 Å². The Hall–Kier alpha value is -4.90. The molecule has 0 saturated carbocycles. The molecule has 4 saturated heterocycles. The van der Waals surface area contributed by atoms with Crippen LogP contribution in [0.25, 0.3) is 12.2 Å². The van der Waals surface area contributed by atoms with Crippen LogP contribution in [-0.4, -0.2) is 127 Å². The number of hydrogen-bond acceptors (Lipinski definition) is 17. The van der Waals surface area contributed by atoms with Crippen LogP contribution in [0.5, 0.6) is 23.0 Å². The van der Waals surface area contributed by atoms with Crippen molar-refractivity contribution in [1.82, 2.24) is 40.0 Å². The van der Waals surface area contributed by atoms with Crippen molar-refractivity contribution in [2.24, 2.45) is 0 Å². The molecule has 0 radical (unpaired) electrons. The van der Waals surface area contributed by atoms with Gasteiger partial charge in [0.1, 0.15) is 24.9 Å². The number of aliphatic hydroxyl groups is 1. The normalized spacial score (nSPS) is 18.2. The van der Waals surface area contributed by atoms with Gasteiger partial charge in [-0.2, -0.15) is 0 Å². The Morgan fingerprint density at radius 2 is 1.05 bits per heavy atom. The van der Waals surface area contributed by atoms with Crippen LogP contribution in [0.15, 0.2) is 67.8 Å². The number of aromatic nitrogens is 4. The minimum Gasteiger partial charge on any atom is -0.504 e. The van der Waals surface area contributed by atoms with Gasteiger partial charge in [0, 0.05) is 77.9 Å². The Balaban J connectivity index is 0.000000235. The third kappa shape index (κ3) is 13.2. The number of aliphatic hydroxyl groups excluding tert-OH is 1. The SMILES string of the molecule is C.CN1C(=O)S/C(=C\c2cc(OCc3cnc(C4CCNCC4)nc3)c(O)cc2Br)C1=O.CN1CCC(c2ncc(COc3cc(/C=C4\SC(=O)N(C)C4=O)c(Br)cc3O)cn2)CC1.CO. The van der Waals surface area contributed by atoms with Crippen LogP contribution in [0.1, 0.15) is 78.8 Å². The average molecular weight is 1070 g/mol. The Morgan fingerprint density at radius 3 is 1.41 bits per heavy atom. The Morgan fingerprint density at radius 1 is 0.667 bits per heavy atom. The number of carbonyl (C=O) groups excluding carboxylic acids is 4. The average Bonchev–Trinajstić information content (AvgIpc) is 3.70. The molecule has 21 heteroatoms. The van der Waals surface area contributed by atoms with Gasteiger partial charge < -0.3 is 35.0 Å². The van der Waals surface area contributed by atoms with E-state index in [-0.39, 0.29) is 65.9 Å². The summed E-state index contributed by atoms with van der Waals surface area (Å²) in [5.41, 5.74) is 2.81. The first kappa shape index (κ1) is 52.1. The molecule has 0 aliphatic carbocycles. The number of thioether (sulfide) groups is 2. The number of amides is 4. The predicted octanol–water partition coefficient (Wildman–Crippen LogP) is 7.90. The van der Waals surface area contributed by atoms with Crippen molar-refractivity contribution < 1.29 is 44.0 Å². The molecule has 2 aromatic carbocycles. The molecule has 4 aromatic rings. The summed E-state index contributed by atoms with van der Waals surface area (Å²) in [6, 6.07) is 6.23. The second kappa shape index (κ2) is 24.2. The monoisotopic (exact) mass is 1070 g/mol. The minimum atomic E-state index is -0.358. The summed E-state index contributed by atoms with van der Waals surface area (Å²) in [4.78, 5) is 70.8. The van der Waals surface area contributed by atoms with Crippen LogP contribution < -0.4 is 14.8 Å². The van der Waals surface area contributed by atoms with Crippen LogP contribution in [0, 0.1) is 0 Å². The fourth-order valence-corrected chi connectivity index (χ4v) is 9.44. The molecule has 352 valence electrons. The van der Waals surface area contributed by atoms with Gasteiger partial charge in [-0.1, -0.05) is 39.3 Å². The highest BCUT2D eigenvalue weighted by molar-refractivity contribution is 9.10. The zero-order valence-electron chi connectivity index (χ0n) is 36.0. The summed E-state index contributed by atoms with van der Waals surface area (Å²) in [5, 5.41) is 30.2. The molecule has 66 heavy (non-hydrogen) atoms. The minimum absolute atomic E-state index is 0. The number of aromatic hydroxyl groups is 2. The van der Waals surface area contributed by atoms with Gasteiger partial charge in [0.15, 0.2) is 23.0 Å². The van der Waals surface area contributed by atoms with Crippen LogP contribution in [0.4, 0.5) is 9.59 Å². The number of phenols is 2. The van der Waals surface area contributed by atoms with E-state index in [4.69, 9.17) is 14.6 Å². The molecule has 4 aliphatic rings. The van der Waals surface area contributed by atoms with Crippen LogP contribution in [-0.2, 0) is 22.8 Å². The predicted molar refractivity (Wildman–Crippen MR) is 261 cm³/mol. The number of piperidine rings is 2. The van der Waals surface area contributed by atoms with Crippen molar-refractivity contribution >= 4 is 89.8 Å². The van der Waals surface area contributed by atoms with Crippen molar-refractivity contribution in [3.8, 4) is 23.0 Å². The molecule has 4 amide bonds. The summed E-state index contributed by atoms with van der Waals surface area (Å²) in [7, 11) is 6.01. The first-order chi connectivity index (χ1) is 31.2. The van der Waals surface area contributed by atoms with E-state index < -0.39 is 0 Å². The highest BCUT2D eigenvalue weighted by atomic mass is 79.9. The number of hydrogen-bond donors (Lipinski definition) is 4. The number of carbonyl (C=O) groups is 4. The number of rotatable bonds is 10. The lowest BCUT2D eigenvalue weighted by Gasteiger charge is -2.27. The summed E-state index contributed by atoms with van der Waals surface area (Å²) in [6.07, 6.45) is 14.4. The maximum Gasteiger partial charge on any atom is 0.293 e. The zero-order valence-corrected chi connectivity index (χ0v) is 40.8. The number of phenolic OH excluding ortho intramolecular Hbond substituents is 2. The summed E-state index contributed by atoms with van der Waals surface area (Å²) in [6.45, 7) is 4.44. The standard InChI is InChI=1S/C22H23BrN4O4S.C21H21BrN4O4S.CH4O.CH4/c1-26-5-3-14(4-6-26)20-24-10-13(11-25-20)12-31-18-7-15(16(23)9-17(18)28)8-19-21(29)27(2)22(30)32-19;1-26-20(28)18(31-21(26)29)7-14-6-17(16(27)8-15(14)22)30-11-12-9-24-19(25-10-12)13-2-4-23-5-3-13;1-2;/h7-11,14,28H,3-6,12H2,1-2H3;6-10,13,23,27H,2-5,11H2,1H3;2H,1H3;1H4/b19-8-;18-7-;;. The van der Waals surface area contributed by atoms with Crippen molar-refractivity contribution in [3.63, 3.8) is 0 Å². The number of ether oxygens (including phenoxy) is 2. The lowest BCUT2D eigenvalue weighted by Crippen LogP contribution is -2.29. The maximum absolute atomic E-state index is 12.2. The first-order valence-corrected chi connectivity index (χ1v) is 23.6. The van der Waals surface area contributed by atoms with Crippen LogP contribution in [0.2, 0.25) is 0 Å². The molecular weight excluding hydrogens is 1020 g/mol. The van der Waals surface area contributed by atoms with E-state index in [9.17, 15) is 29.4 Å². The quantitative estimate of drug-likeness (QED) is 0.111. The van der Waals surface area contributed by atoms with Gasteiger partial charge >= 0.3 is 0 Å². The highest BCUT2D eigenvalue weighted by Gasteiger charge is 2.33. The Bertz CT molecular complexity index is 2450. The Kier molecular flexibility index (Phi) is 19.1. The second-order valence-electron chi connectivity index (χ2n) is 15.2. The number of nitrogens with zero attached hydrogens (tertiary/aromatic N) is 7. The van der Waals surface area contributed by atoms with Crippen molar-refractivity contribution in [1.29, 1.82) is 0 Å². The Labute approximate surface area is 408 Å². The molecule has 0 atom stereocenters. The number of benzene rings is 2. The molecule has 4 N–H and O–H groups in total. The molecule has 0 spiro atoms. The number of nitrogens with one attached hydrogen (secondary N) is 1. The molecule has 17 nitrogen and oxygen atoms in total. The van der Waals surface area contributed by atoms with E-state index in [0.29, 0.717) is 41.7 Å². The molecule has 0 bridgehead atoms. The van der Waals surface area contributed by atoms with E-state index in [1.165, 1.54) is 26.2 Å². The van der Waals surface area contributed by atoms with Gasteiger partial charge in [0.25, 0.3) is 22.3 Å². The van der Waals surface area contributed by atoms with Gasteiger partial charge in [-0.3, -0.25) is 29.0 Å². The van der Waals surface area contributed by atoms with Gasteiger partial charge in [-0.15, -0.1) is 0 Å². The van der Waals surface area contributed by atoms with E-state index in [1.807, 2.05) is 0 Å². The lowest BCUT2D eigenvalue weighted by atomic mass is 9.96. The smallest absolute Gasteiger partial charge is 0.293 e. The van der Waals surface area contributed by atoms with E-state index >= 15 is 0 Å². The van der Waals surface area contributed by atoms with Gasteiger partial charge in [0.05, 0.1) is 9.81 Å². The fourth-order valence-electron chi connectivity index (χ4n) is 6.91. The zero-order chi connectivity index (χ0) is 46.8.